The average Bonchev–Trinajstić information content (AvgIpc) is 2.78. The number of nitrogens with two attached hydrogens (primary N) is 1. The normalized spacial score (nSPS) is 25.5. The zero-order valence-corrected chi connectivity index (χ0v) is 11.0. The van der Waals surface area contributed by atoms with Crippen LogP contribution in [-0.2, 0) is 0 Å². The molecule has 3 nitrogen and oxygen atoms in total. The van der Waals surface area contributed by atoms with E-state index in [1.54, 1.807) is 7.11 Å². The molecular formula is C14H21NO2. The standard InChI is InChI=1S/C14H21NO2/c1-5-17-11-8-9(6-7-10(11)16-4)12-13(15)14(12,2)3/h6-8,12-13H,5,15H2,1-4H3. The van der Waals surface area contributed by atoms with Crippen molar-refractivity contribution in [2.45, 2.75) is 32.7 Å². The maximum Gasteiger partial charge on any atom is 0.161 e. The molecule has 1 fully saturated rings. The van der Waals surface area contributed by atoms with Crippen LogP contribution >= 0.6 is 0 Å². The summed E-state index contributed by atoms with van der Waals surface area (Å²) in [5.74, 6) is 2.01. The molecule has 2 unspecified atom stereocenters. The summed E-state index contributed by atoms with van der Waals surface area (Å²) in [6, 6.07) is 6.34. The molecule has 94 valence electrons. The number of benzene rings is 1. The van der Waals surface area contributed by atoms with Crippen molar-refractivity contribution in [3.63, 3.8) is 0 Å². The number of hydrogen-bond acceptors (Lipinski definition) is 3. The molecule has 0 heterocycles. The van der Waals surface area contributed by atoms with Crippen LogP contribution < -0.4 is 15.2 Å². The van der Waals surface area contributed by atoms with Crippen LogP contribution in [0, 0.1) is 5.41 Å². The highest BCUT2D eigenvalue weighted by Gasteiger charge is 2.56. The molecule has 17 heavy (non-hydrogen) atoms. The van der Waals surface area contributed by atoms with Crippen molar-refractivity contribution in [1.82, 2.24) is 0 Å². The van der Waals surface area contributed by atoms with E-state index in [9.17, 15) is 0 Å². The number of methoxy groups -OCH3 is 1. The zero-order chi connectivity index (χ0) is 12.6. The summed E-state index contributed by atoms with van der Waals surface area (Å²) in [6.07, 6.45) is 0. The van der Waals surface area contributed by atoms with Crippen LogP contribution in [0.1, 0.15) is 32.3 Å². The topological polar surface area (TPSA) is 44.5 Å². The van der Waals surface area contributed by atoms with Crippen LogP contribution in [0.25, 0.3) is 0 Å². The van der Waals surface area contributed by atoms with Crippen molar-refractivity contribution in [3.05, 3.63) is 23.8 Å². The van der Waals surface area contributed by atoms with Crippen molar-refractivity contribution in [1.29, 1.82) is 0 Å². The van der Waals surface area contributed by atoms with Crippen molar-refractivity contribution < 1.29 is 9.47 Å². The molecule has 0 spiro atoms. The lowest BCUT2D eigenvalue weighted by Gasteiger charge is -2.11. The van der Waals surface area contributed by atoms with E-state index in [0.29, 0.717) is 12.5 Å². The fraction of sp³-hybridized carbons (Fsp3) is 0.571. The molecule has 2 atom stereocenters. The van der Waals surface area contributed by atoms with Crippen molar-refractivity contribution in [2.24, 2.45) is 11.1 Å². The van der Waals surface area contributed by atoms with E-state index in [2.05, 4.69) is 26.0 Å². The Morgan fingerprint density at radius 2 is 1.94 bits per heavy atom. The van der Waals surface area contributed by atoms with Gasteiger partial charge in [-0.3, -0.25) is 0 Å². The SMILES string of the molecule is CCOc1cc(C2C(N)C2(C)C)ccc1OC. The molecule has 0 amide bonds. The smallest absolute Gasteiger partial charge is 0.161 e. The van der Waals surface area contributed by atoms with E-state index in [4.69, 9.17) is 15.2 Å². The Hall–Kier alpha value is -1.22. The Kier molecular flexibility index (Phi) is 3.04. The van der Waals surface area contributed by atoms with Gasteiger partial charge >= 0.3 is 0 Å². The Balaban J connectivity index is 2.29. The highest BCUT2D eigenvalue weighted by Crippen LogP contribution is 2.57. The first-order chi connectivity index (χ1) is 8.02. The van der Waals surface area contributed by atoms with Crippen molar-refractivity contribution >= 4 is 0 Å². The monoisotopic (exact) mass is 235 g/mol. The van der Waals surface area contributed by atoms with Gasteiger partial charge < -0.3 is 15.2 Å². The number of ether oxygens (including phenoxy) is 2. The lowest BCUT2D eigenvalue weighted by molar-refractivity contribution is 0.310. The molecule has 2 N–H and O–H groups in total. The first-order valence-electron chi connectivity index (χ1n) is 6.08. The quantitative estimate of drug-likeness (QED) is 0.872. The summed E-state index contributed by atoms with van der Waals surface area (Å²) < 4.78 is 10.9. The summed E-state index contributed by atoms with van der Waals surface area (Å²) in [5, 5.41) is 0. The Labute approximate surface area is 103 Å². The second-order valence-corrected chi connectivity index (χ2v) is 5.17. The third kappa shape index (κ3) is 2.00. The fourth-order valence-corrected chi connectivity index (χ4v) is 2.47. The summed E-state index contributed by atoms with van der Waals surface area (Å²) in [5.41, 5.74) is 7.53. The Morgan fingerprint density at radius 1 is 1.29 bits per heavy atom. The first-order valence-corrected chi connectivity index (χ1v) is 6.08. The molecule has 1 aromatic rings. The molecule has 0 bridgehead atoms. The van der Waals surface area contributed by atoms with Crippen LogP contribution in [-0.4, -0.2) is 19.8 Å². The van der Waals surface area contributed by atoms with Gasteiger partial charge in [0.25, 0.3) is 0 Å². The van der Waals surface area contributed by atoms with Gasteiger partial charge in [0, 0.05) is 12.0 Å². The maximum atomic E-state index is 6.10. The third-order valence-corrected chi connectivity index (χ3v) is 3.76. The summed E-state index contributed by atoms with van der Waals surface area (Å²) in [7, 11) is 1.66. The molecular weight excluding hydrogens is 214 g/mol. The van der Waals surface area contributed by atoms with E-state index in [1.165, 1.54) is 5.56 Å². The zero-order valence-electron chi connectivity index (χ0n) is 11.0. The predicted molar refractivity (Wildman–Crippen MR) is 68.7 cm³/mol. The summed E-state index contributed by atoms with van der Waals surface area (Å²) >= 11 is 0. The van der Waals surface area contributed by atoms with E-state index in [1.807, 2.05) is 13.0 Å². The average molecular weight is 235 g/mol. The number of hydrogen-bond donors (Lipinski definition) is 1. The van der Waals surface area contributed by atoms with E-state index in [-0.39, 0.29) is 11.5 Å². The van der Waals surface area contributed by atoms with Crippen LogP contribution in [0.2, 0.25) is 0 Å². The molecule has 0 aliphatic heterocycles. The summed E-state index contributed by atoms with van der Waals surface area (Å²) in [6.45, 7) is 7.01. The second-order valence-electron chi connectivity index (χ2n) is 5.17. The van der Waals surface area contributed by atoms with Gasteiger partial charge in [0.05, 0.1) is 13.7 Å². The highest BCUT2D eigenvalue weighted by atomic mass is 16.5. The summed E-state index contributed by atoms with van der Waals surface area (Å²) in [4.78, 5) is 0. The lowest BCUT2D eigenvalue weighted by atomic mass is 10.0. The first kappa shape index (κ1) is 12.2. The largest absolute Gasteiger partial charge is 0.493 e. The van der Waals surface area contributed by atoms with Gasteiger partial charge in [-0.25, -0.2) is 0 Å². The molecule has 1 aromatic carbocycles. The van der Waals surface area contributed by atoms with Gasteiger partial charge in [0.15, 0.2) is 11.5 Å². The molecule has 3 heteroatoms. The molecule has 0 radical (unpaired) electrons. The van der Waals surface area contributed by atoms with E-state index >= 15 is 0 Å². The van der Waals surface area contributed by atoms with Crippen molar-refractivity contribution in [3.8, 4) is 11.5 Å². The molecule has 1 saturated carbocycles. The molecule has 0 saturated heterocycles. The molecule has 0 aromatic heterocycles. The predicted octanol–water partition coefficient (Wildman–Crippen LogP) is 2.54. The fourth-order valence-electron chi connectivity index (χ4n) is 2.47. The minimum Gasteiger partial charge on any atom is -0.493 e. The Bertz CT molecular complexity index is 415. The minimum absolute atomic E-state index is 0.193. The van der Waals surface area contributed by atoms with Crippen LogP contribution in [0.4, 0.5) is 0 Å². The van der Waals surface area contributed by atoms with Crippen LogP contribution in [0.3, 0.4) is 0 Å². The molecule has 2 rings (SSSR count). The lowest BCUT2D eigenvalue weighted by Crippen LogP contribution is -2.06. The van der Waals surface area contributed by atoms with Crippen LogP contribution in [0.5, 0.6) is 11.5 Å². The minimum atomic E-state index is 0.193. The third-order valence-electron chi connectivity index (χ3n) is 3.76. The van der Waals surface area contributed by atoms with Gasteiger partial charge in [-0.05, 0) is 30.0 Å². The van der Waals surface area contributed by atoms with Crippen LogP contribution in [0.15, 0.2) is 18.2 Å². The van der Waals surface area contributed by atoms with E-state index in [0.717, 1.165) is 11.5 Å². The Morgan fingerprint density at radius 3 is 2.41 bits per heavy atom. The highest BCUT2D eigenvalue weighted by molar-refractivity contribution is 5.47. The van der Waals surface area contributed by atoms with Gasteiger partial charge in [-0.2, -0.15) is 0 Å². The van der Waals surface area contributed by atoms with Gasteiger partial charge in [0.2, 0.25) is 0 Å². The van der Waals surface area contributed by atoms with Gasteiger partial charge in [-0.1, -0.05) is 19.9 Å². The maximum absolute atomic E-state index is 6.10. The van der Waals surface area contributed by atoms with E-state index < -0.39 is 0 Å². The molecule has 1 aliphatic carbocycles. The van der Waals surface area contributed by atoms with Crippen molar-refractivity contribution in [2.75, 3.05) is 13.7 Å². The van der Waals surface area contributed by atoms with Gasteiger partial charge in [0.1, 0.15) is 0 Å². The van der Waals surface area contributed by atoms with Gasteiger partial charge in [-0.15, -0.1) is 0 Å². The number of rotatable bonds is 4. The second kappa shape index (κ2) is 4.22. The molecule has 1 aliphatic rings.